The fourth-order valence-electron chi connectivity index (χ4n) is 3.40. The Morgan fingerprint density at radius 1 is 1.00 bits per heavy atom. The summed E-state index contributed by atoms with van der Waals surface area (Å²) in [6.45, 7) is 5.71. The number of aryl methyl sites for hydroxylation is 2. The molecule has 2 aliphatic heterocycles. The van der Waals surface area contributed by atoms with Crippen LogP contribution >= 0.6 is 0 Å². The minimum absolute atomic E-state index is 0.558. The van der Waals surface area contributed by atoms with Crippen LogP contribution in [-0.4, -0.2) is 63.1 Å². The molecule has 2 N–H and O–H groups in total. The van der Waals surface area contributed by atoms with Crippen molar-refractivity contribution in [3.8, 4) is 5.88 Å². The van der Waals surface area contributed by atoms with Crippen molar-refractivity contribution < 1.29 is 24.5 Å². The van der Waals surface area contributed by atoms with Crippen LogP contribution in [0, 0.1) is 0 Å². The van der Waals surface area contributed by atoms with E-state index < -0.39 is 11.9 Å². The van der Waals surface area contributed by atoms with Crippen LogP contribution in [0.25, 0.3) is 0 Å². The van der Waals surface area contributed by atoms with Gasteiger partial charge in [0.15, 0.2) is 0 Å². The first-order valence-electron chi connectivity index (χ1n) is 10.1. The normalized spacial score (nSPS) is 16.9. The lowest BCUT2D eigenvalue weighted by atomic mass is 10.1. The van der Waals surface area contributed by atoms with Gasteiger partial charge in [-0.05, 0) is 64.6 Å². The molecule has 0 aromatic carbocycles. The van der Waals surface area contributed by atoms with Crippen LogP contribution in [0.5, 0.6) is 5.88 Å². The third-order valence-electron chi connectivity index (χ3n) is 4.83. The molecule has 1 fully saturated rings. The Bertz CT molecular complexity index is 611. The fourth-order valence-corrected chi connectivity index (χ4v) is 3.40. The highest BCUT2D eigenvalue weighted by atomic mass is 16.5. The summed E-state index contributed by atoms with van der Waals surface area (Å²) < 4.78 is 7.92. The number of hydrogen-bond acceptors (Lipinski definition) is 5. The largest absolute Gasteiger partial charge is 0.478 e. The van der Waals surface area contributed by atoms with E-state index >= 15 is 0 Å². The quantitative estimate of drug-likeness (QED) is 0.516. The molecule has 0 radical (unpaired) electrons. The van der Waals surface area contributed by atoms with Gasteiger partial charge in [0.25, 0.3) is 0 Å². The van der Waals surface area contributed by atoms with Crippen molar-refractivity contribution in [1.29, 1.82) is 0 Å². The molecule has 0 saturated carbocycles. The Kier molecular flexibility index (Phi) is 9.54. The molecule has 0 amide bonds. The third kappa shape index (κ3) is 8.56. The predicted molar refractivity (Wildman–Crippen MR) is 105 cm³/mol. The lowest BCUT2D eigenvalue weighted by Gasteiger charge is -2.26. The Hall–Kier alpha value is -2.35. The van der Waals surface area contributed by atoms with Gasteiger partial charge in [-0.25, -0.2) is 9.59 Å². The molecular formula is C20H31N3O5. The molecule has 3 heterocycles. The van der Waals surface area contributed by atoms with Gasteiger partial charge in [0.2, 0.25) is 5.88 Å². The first-order valence-corrected chi connectivity index (χ1v) is 10.1. The van der Waals surface area contributed by atoms with E-state index in [-0.39, 0.29) is 0 Å². The Balaban J connectivity index is 0.000000300. The second-order valence-corrected chi connectivity index (χ2v) is 7.12. The van der Waals surface area contributed by atoms with Gasteiger partial charge >= 0.3 is 11.9 Å². The molecular weight excluding hydrogens is 362 g/mol. The highest BCUT2D eigenvalue weighted by Gasteiger charge is 2.13. The molecule has 8 nitrogen and oxygen atoms in total. The number of likely N-dealkylation sites (tertiary alicyclic amines) is 1. The van der Waals surface area contributed by atoms with Gasteiger partial charge in [-0.2, -0.15) is 0 Å². The number of fused-ring (bicyclic) bond motifs is 1. The summed E-state index contributed by atoms with van der Waals surface area (Å²) in [5.41, 5.74) is 1.35. The summed E-state index contributed by atoms with van der Waals surface area (Å²) in [6.07, 6.45) is 11.4. The van der Waals surface area contributed by atoms with Gasteiger partial charge in [-0.15, -0.1) is 5.10 Å². The molecule has 0 atom stereocenters. The molecule has 156 valence electrons. The Morgan fingerprint density at radius 2 is 1.68 bits per heavy atom. The summed E-state index contributed by atoms with van der Waals surface area (Å²) in [5, 5.41) is 20.1. The highest BCUT2D eigenvalue weighted by molar-refractivity contribution is 5.89. The lowest BCUT2D eigenvalue weighted by Crippen LogP contribution is -2.30. The second kappa shape index (κ2) is 12.2. The standard InChI is InChI=1S/C16H27N3O.C4H4O4/c1-3-9-18(10-4-1)11-6-7-13-20-16-14-15-8-2-5-12-19(15)17-16;5-3(6)1-2-4(7)8/h14H,1-13H2;1-2H,(H,5,6)(H,7,8)/b;2-1-. The van der Waals surface area contributed by atoms with Crippen LogP contribution in [0.15, 0.2) is 18.2 Å². The number of aromatic nitrogens is 2. The SMILES string of the molecule is O=C(O)/C=C\C(=O)O.c1c(OCCCCN2CCCCC2)nn2c1CCCC2. The number of aliphatic carboxylic acids is 2. The maximum Gasteiger partial charge on any atom is 0.328 e. The van der Waals surface area contributed by atoms with Gasteiger partial charge in [0.05, 0.1) is 6.61 Å². The zero-order valence-corrected chi connectivity index (χ0v) is 16.4. The number of unbranched alkanes of at least 4 members (excludes halogenated alkanes) is 1. The van der Waals surface area contributed by atoms with E-state index in [0.717, 1.165) is 31.9 Å². The Labute approximate surface area is 165 Å². The second-order valence-electron chi connectivity index (χ2n) is 7.12. The number of hydrogen-bond donors (Lipinski definition) is 2. The fraction of sp³-hybridized carbons (Fsp3) is 0.650. The van der Waals surface area contributed by atoms with Crippen molar-refractivity contribution in [3.05, 3.63) is 23.9 Å². The molecule has 0 spiro atoms. The van der Waals surface area contributed by atoms with Crippen molar-refractivity contribution in [3.63, 3.8) is 0 Å². The summed E-state index contributed by atoms with van der Waals surface area (Å²) in [4.78, 5) is 21.7. The molecule has 8 heteroatoms. The molecule has 2 aliphatic rings. The van der Waals surface area contributed by atoms with Crippen molar-refractivity contribution in [1.82, 2.24) is 14.7 Å². The first-order chi connectivity index (χ1) is 13.5. The molecule has 28 heavy (non-hydrogen) atoms. The molecule has 0 unspecified atom stereocenters. The van der Waals surface area contributed by atoms with E-state index in [0.29, 0.717) is 12.2 Å². The number of nitrogens with zero attached hydrogens (tertiary/aromatic N) is 3. The van der Waals surface area contributed by atoms with E-state index in [4.69, 9.17) is 14.9 Å². The van der Waals surface area contributed by atoms with E-state index in [1.165, 1.54) is 63.9 Å². The van der Waals surface area contributed by atoms with Crippen LogP contribution in [0.4, 0.5) is 0 Å². The zero-order valence-electron chi connectivity index (χ0n) is 16.4. The third-order valence-corrected chi connectivity index (χ3v) is 4.83. The molecule has 3 rings (SSSR count). The summed E-state index contributed by atoms with van der Waals surface area (Å²) in [7, 11) is 0. The van der Waals surface area contributed by atoms with Crippen LogP contribution in [0.1, 0.15) is 50.6 Å². The van der Waals surface area contributed by atoms with E-state index in [2.05, 4.69) is 20.7 Å². The molecule has 0 aliphatic carbocycles. The van der Waals surface area contributed by atoms with Crippen LogP contribution in [0.2, 0.25) is 0 Å². The van der Waals surface area contributed by atoms with Crippen molar-refractivity contribution in [2.45, 2.75) is 57.9 Å². The number of ether oxygens (including phenoxy) is 1. The number of carboxylic acid groups (broad SMARTS) is 2. The highest BCUT2D eigenvalue weighted by Crippen LogP contribution is 2.19. The smallest absolute Gasteiger partial charge is 0.328 e. The van der Waals surface area contributed by atoms with Gasteiger partial charge < -0.3 is 19.8 Å². The average molecular weight is 393 g/mol. The lowest BCUT2D eigenvalue weighted by molar-refractivity contribution is -0.134. The predicted octanol–water partition coefficient (Wildman–Crippen LogP) is 2.58. The maximum atomic E-state index is 9.55. The zero-order chi connectivity index (χ0) is 20.2. The number of piperidine rings is 1. The first kappa shape index (κ1) is 21.9. The van der Waals surface area contributed by atoms with Crippen LogP contribution < -0.4 is 4.74 Å². The van der Waals surface area contributed by atoms with Crippen molar-refractivity contribution in [2.75, 3.05) is 26.2 Å². The number of rotatable bonds is 8. The summed E-state index contributed by atoms with van der Waals surface area (Å²) >= 11 is 0. The monoisotopic (exact) mass is 393 g/mol. The van der Waals surface area contributed by atoms with Crippen molar-refractivity contribution >= 4 is 11.9 Å². The average Bonchev–Trinajstić information content (AvgIpc) is 3.10. The van der Waals surface area contributed by atoms with Gasteiger partial charge in [0.1, 0.15) is 0 Å². The van der Waals surface area contributed by atoms with Gasteiger partial charge in [-0.1, -0.05) is 6.42 Å². The molecule has 0 bridgehead atoms. The van der Waals surface area contributed by atoms with E-state index in [1.807, 2.05) is 0 Å². The van der Waals surface area contributed by atoms with E-state index in [9.17, 15) is 9.59 Å². The Morgan fingerprint density at radius 3 is 2.32 bits per heavy atom. The number of carboxylic acids is 2. The van der Waals surface area contributed by atoms with Gasteiger partial charge in [0, 0.05) is 30.5 Å². The van der Waals surface area contributed by atoms with Crippen LogP contribution in [0.3, 0.4) is 0 Å². The van der Waals surface area contributed by atoms with Crippen LogP contribution in [-0.2, 0) is 22.6 Å². The summed E-state index contributed by atoms with van der Waals surface area (Å²) in [5.74, 6) is -1.68. The van der Waals surface area contributed by atoms with Crippen molar-refractivity contribution in [2.24, 2.45) is 0 Å². The molecule has 1 saturated heterocycles. The number of carbonyl (C=O) groups is 2. The maximum absolute atomic E-state index is 9.55. The summed E-state index contributed by atoms with van der Waals surface area (Å²) in [6, 6.07) is 2.13. The van der Waals surface area contributed by atoms with E-state index in [1.54, 1.807) is 0 Å². The minimum atomic E-state index is -1.26. The minimum Gasteiger partial charge on any atom is -0.478 e. The molecule has 1 aromatic heterocycles. The van der Waals surface area contributed by atoms with Gasteiger partial charge in [-0.3, -0.25) is 4.68 Å². The topological polar surface area (TPSA) is 105 Å². The molecule has 1 aromatic rings.